The molecule has 0 saturated heterocycles. The standard InChI is InChI=1S/C14H23N3OS/c1-4-15-14(8-18,12-5-6-12)9-19-13-16-10(2)7-11(3)17-13/h7,12,15,18H,4-6,8-9H2,1-3H3. The van der Waals surface area contributed by atoms with E-state index in [1.54, 1.807) is 11.8 Å². The predicted octanol–water partition coefficient (Wildman–Crippen LogP) is 1.94. The van der Waals surface area contributed by atoms with Crippen molar-refractivity contribution < 1.29 is 5.11 Å². The first-order valence-corrected chi connectivity index (χ1v) is 7.89. The third-order valence-corrected chi connectivity index (χ3v) is 4.69. The lowest BCUT2D eigenvalue weighted by atomic mass is 9.97. The van der Waals surface area contributed by atoms with Crippen LogP contribution in [0.15, 0.2) is 11.2 Å². The first-order valence-electron chi connectivity index (χ1n) is 6.90. The average molecular weight is 281 g/mol. The number of aromatic nitrogens is 2. The third-order valence-electron chi connectivity index (χ3n) is 3.59. The molecule has 5 heteroatoms. The molecule has 1 aromatic rings. The van der Waals surface area contributed by atoms with Crippen molar-refractivity contribution in [2.75, 3.05) is 18.9 Å². The number of aliphatic hydroxyl groups is 1. The Kier molecular flexibility index (Phi) is 4.81. The number of aryl methyl sites for hydroxylation is 2. The summed E-state index contributed by atoms with van der Waals surface area (Å²) in [6.07, 6.45) is 2.42. The van der Waals surface area contributed by atoms with Crippen molar-refractivity contribution >= 4 is 11.8 Å². The molecule has 0 aromatic carbocycles. The van der Waals surface area contributed by atoms with E-state index in [1.807, 2.05) is 19.9 Å². The molecule has 1 heterocycles. The lowest BCUT2D eigenvalue weighted by Gasteiger charge is -2.32. The topological polar surface area (TPSA) is 58.0 Å². The van der Waals surface area contributed by atoms with Gasteiger partial charge in [0.1, 0.15) is 0 Å². The SMILES string of the molecule is CCNC(CO)(CSc1nc(C)cc(C)n1)C1CC1. The molecule has 0 radical (unpaired) electrons. The van der Waals surface area contributed by atoms with Gasteiger partial charge in [-0.25, -0.2) is 9.97 Å². The number of thioether (sulfide) groups is 1. The molecule has 2 rings (SSSR count). The van der Waals surface area contributed by atoms with Gasteiger partial charge in [0, 0.05) is 17.1 Å². The van der Waals surface area contributed by atoms with Gasteiger partial charge >= 0.3 is 0 Å². The van der Waals surface area contributed by atoms with Crippen LogP contribution in [0.25, 0.3) is 0 Å². The summed E-state index contributed by atoms with van der Waals surface area (Å²) in [5.41, 5.74) is 1.83. The fourth-order valence-electron chi connectivity index (χ4n) is 2.48. The number of rotatable bonds is 7. The molecule has 106 valence electrons. The highest BCUT2D eigenvalue weighted by Crippen LogP contribution is 2.41. The Morgan fingerprint density at radius 3 is 2.47 bits per heavy atom. The average Bonchev–Trinajstić information content (AvgIpc) is 3.18. The summed E-state index contributed by atoms with van der Waals surface area (Å²) >= 11 is 1.64. The van der Waals surface area contributed by atoms with Gasteiger partial charge in [0.15, 0.2) is 5.16 Å². The smallest absolute Gasteiger partial charge is 0.188 e. The third kappa shape index (κ3) is 3.68. The van der Waals surface area contributed by atoms with E-state index < -0.39 is 0 Å². The Labute approximate surface area is 119 Å². The van der Waals surface area contributed by atoms with Crippen molar-refractivity contribution in [2.24, 2.45) is 5.92 Å². The molecule has 0 spiro atoms. The molecule has 1 aliphatic rings. The minimum Gasteiger partial charge on any atom is -0.394 e. The zero-order valence-corrected chi connectivity index (χ0v) is 12.8. The van der Waals surface area contributed by atoms with E-state index >= 15 is 0 Å². The van der Waals surface area contributed by atoms with Crippen molar-refractivity contribution in [2.45, 2.75) is 44.3 Å². The van der Waals surface area contributed by atoms with Gasteiger partial charge in [-0.15, -0.1) is 0 Å². The molecule has 1 aliphatic carbocycles. The highest BCUT2D eigenvalue weighted by Gasteiger charge is 2.44. The molecule has 2 N–H and O–H groups in total. The van der Waals surface area contributed by atoms with E-state index in [0.717, 1.165) is 28.8 Å². The molecular formula is C14H23N3OS. The molecule has 0 bridgehead atoms. The Bertz CT molecular complexity index is 416. The van der Waals surface area contributed by atoms with Crippen LogP contribution >= 0.6 is 11.8 Å². The number of nitrogens with zero attached hydrogens (tertiary/aromatic N) is 2. The van der Waals surface area contributed by atoms with Gasteiger partial charge in [-0.2, -0.15) is 0 Å². The molecule has 1 unspecified atom stereocenters. The molecule has 4 nitrogen and oxygen atoms in total. The first kappa shape index (κ1) is 14.8. The molecule has 19 heavy (non-hydrogen) atoms. The van der Waals surface area contributed by atoms with Crippen molar-refractivity contribution in [3.63, 3.8) is 0 Å². The van der Waals surface area contributed by atoms with Crippen LogP contribution in [0.1, 0.15) is 31.2 Å². The van der Waals surface area contributed by atoms with Crippen LogP contribution in [0.3, 0.4) is 0 Å². The monoisotopic (exact) mass is 281 g/mol. The summed E-state index contributed by atoms with van der Waals surface area (Å²) in [6, 6.07) is 1.98. The van der Waals surface area contributed by atoms with Crippen LogP contribution in [0, 0.1) is 19.8 Å². The van der Waals surface area contributed by atoms with Crippen LogP contribution in [-0.4, -0.2) is 39.5 Å². The number of nitrogens with one attached hydrogen (secondary N) is 1. The van der Waals surface area contributed by atoms with E-state index in [0.29, 0.717) is 5.92 Å². The van der Waals surface area contributed by atoms with Crippen LogP contribution in [0.2, 0.25) is 0 Å². The summed E-state index contributed by atoms with van der Waals surface area (Å²) < 4.78 is 0. The molecule has 0 amide bonds. The van der Waals surface area contributed by atoms with Crippen LogP contribution < -0.4 is 5.32 Å². The van der Waals surface area contributed by atoms with Gasteiger partial charge in [0.2, 0.25) is 0 Å². The van der Waals surface area contributed by atoms with Gasteiger partial charge < -0.3 is 10.4 Å². The van der Waals surface area contributed by atoms with Crippen molar-refractivity contribution in [3.8, 4) is 0 Å². The van der Waals surface area contributed by atoms with Crippen molar-refractivity contribution in [1.29, 1.82) is 0 Å². The second-order valence-electron chi connectivity index (χ2n) is 5.34. The van der Waals surface area contributed by atoms with Gasteiger partial charge in [-0.05, 0) is 45.2 Å². The van der Waals surface area contributed by atoms with Crippen LogP contribution in [0.4, 0.5) is 0 Å². The summed E-state index contributed by atoms with van der Waals surface area (Å²) in [4.78, 5) is 8.91. The first-order chi connectivity index (χ1) is 9.09. The highest BCUT2D eigenvalue weighted by molar-refractivity contribution is 7.99. The van der Waals surface area contributed by atoms with Gasteiger partial charge in [-0.3, -0.25) is 0 Å². The molecule has 1 atom stereocenters. The normalized spacial score (nSPS) is 18.3. The van der Waals surface area contributed by atoms with Crippen molar-refractivity contribution in [1.82, 2.24) is 15.3 Å². The predicted molar refractivity (Wildman–Crippen MR) is 78.4 cm³/mol. The summed E-state index contributed by atoms with van der Waals surface area (Å²) in [5.74, 6) is 1.42. The second-order valence-corrected chi connectivity index (χ2v) is 6.28. The maximum atomic E-state index is 9.79. The van der Waals surface area contributed by atoms with Gasteiger partial charge in [0.25, 0.3) is 0 Å². The van der Waals surface area contributed by atoms with Crippen LogP contribution in [-0.2, 0) is 0 Å². The second kappa shape index (κ2) is 6.20. The Morgan fingerprint density at radius 1 is 1.37 bits per heavy atom. The van der Waals surface area contributed by atoms with E-state index in [2.05, 4.69) is 22.2 Å². The Morgan fingerprint density at radius 2 is 2.00 bits per heavy atom. The van der Waals surface area contributed by atoms with Gasteiger partial charge in [0.05, 0.1) is 12.1 Å². The number of aliphatic hydroxyl groups excluding tert-OH is 1. The lowest BCUT2D eigenvalue weighted by molar-refractivity contribution is 0.161. The molecular weight excluding hydrogens is 258 g/mol. The molecule has 0 aliphatic heterocycles. The summed E-state index contributed by atoms with van der Waals surface area (Å²) in [7, 11) is 0. The number of hydrogen-bond donors (Lipinski definition) is 2. The minimum atomic E-state index is -0.166. The Hall–Kier alpha value is -0.650. The fourth-order valence-corrected chi connectivity index (χ4v) is 3.72. The Balaban J connectivity index is 2.05. The van der Waals surface area contributed by atoms with E-state index in [1.165, 1.54) is 12.8 Å². The van der Waals surface area contributed by atoms with E-state index in [9.17, 15) is 5.11 Å². The molecule has 1 fully saturated rings. The quantitative estimate of drug-likeness (QED) is 0.591. The fraction of sp³-hybridized carbons (Fsp3) is 0.714. The van der Waals surface area contributed by atoms with Gasteiger partial charge in [-0.1, -0.05) is 18.7 Å². The zero-order chi connectivity index (χ0) is 13.9. The lowest BCUT2D eigenvalue weighted by Crippen LogP contribution is -2.52. The van der Waals surface area contributed by atoms with E-state index in [4.69, 9.17) is 0 Å². The zero-order valence-electron chi connectivity index (χ0n) is 11.9. The molecule has 1 saturated carbocycles. The number of hydrogen-bond acceptors (Lipinski definition) is 5. The van der Waals surface area contributed by atoms with Crippen molar-refractivity contribution in [3.05, 3.63) is 17.5 Å². The largest absolute Gasteiger partial charge is 0.394 e. The minimum absolute atomic E-state index is 0.166. The maximum absolute atomic E-state index is 9.79. The van der Waals surface area contributed by atoms with Crippen LogP contribution in [0.5, 0.6) is 0 Å². The van der Waals surface area contributed by atoms with E-state index in [-0.39, 0.29) is 12.1 Å². The summed E-state index contributed by atoms with van der Waals surface area (Å²) in [6.45, 7) is 7.13. The summed E-state index contributed by atoms with van der Waals surface area (Å²) in [5, 5.41) is 14.1. The number of likely N-dealkylation sites (N-methyl/N-ethyl adjacent to an activating group) is 1. The highest BCUT2D eigenvalue weighted by atomic mass is 32.2. The molecule has 1 aromatic heterocycles. The maximum Gasteiger partial charge on any atom is 0.188 e.